The molecular weight excluding hydrogens is 248 g/mol. The molecule has 1 aromatic carbocycles. The lowest BCUT2D eigenvalue weighted by Crippen LogP contribution is -2.13. The first-order valence-electron chi connectivity index (χ1n) is 5.63. The summed E-state index contributed by atoms with van der Waals surface area (Å²) in [6.07, 6.45) is 1.76. The number of ether oxygens (including phenoxy) is 1. The lowest BCUT2D eigenvalue weighted by molar-refractivity contribution is 0.414. The lowest BCUT2D eigenvalue weighted by Gasteiger charge is -2.13. The number of nitrogens with two attached hydrogens (primary N) is 1. The molecule has 0 spiro atoms. The van der Waals surface area contributed by atoms with Crippen molar-refractivity contribution in [3.05, 3.63) is 58.4 Å². The Kier molecular flexibility index (Phi) is 3.84. The van der Waals surface area contributed by atoms with Crippen molar-refractivity contribution in [1.82, 2.24) is 4.98 Å². The maximum Gasteiger partial charge on any atom is 0.137 e. The average Bonchev–Trinajstić information content (AvgIpc) is 2.38. The largest absolute Gasteiger partial charge is 0.495 e. The molecule has 0 aliphatic rings. The van der Waals surface area contributed by atoms with E-state index >= 15 is 0 Å². The molecule has 2 rings (SSSR count). The van der Waals surface area contributed by atoms with Gasteiger partial charge in [0, 0.05) is 6.20 Å². The van der Waals surface area contributed by atoms with Gasteiger partial charge in [-0.15, -0.1) is 0 Å². The van der Waals surface area contributed by atoms with Crippen molar-refractivity contribution in [3.8, 4) is 5.75 Å². The molecule has 0 radical (unpaired) electrons. The first-order valence-corrected chi connectivity index (χ1v) is 6.01. The Morgan fingerprint density at radius 3 is 2.72 bits per heavy atom. The zero-order chi connectivity index (χ0) is 13.1. The summed E-state index contributed by atoms with van der Waals surface area (Å²) in [7, 11) is 1.58. The van der Waals surface area contributed by atoms with Gasteiger partial charge < -0.3 is 10.5 Å². The van der Waals surface area contributed by atoms with E-state index in [0.717, 1.165) is 16.8 Å². The summed E-state index contributed by atoms with van der Waals surface area (Å²) < 4.78 is 5.19. The van der Waals surface area contributed by atoms with Crippen molar-refractivity contribution in [2.24, 2.45) is 5.73 Å². The van der Waals surface area contributed by atoms with Gasteiger partial charge in [0.05, 0.1) is 23.9 Å². The van der Waals surface area contributed by atoms with Crippen LogP contribution < -0.4 is 10.5 Å². The third-order valence-electron chi connectivity index (χ3n) is 2.79. The van der Waals surface area contributed by atoms with Crippen LogP contribution in [0.4, 0.5) is 0 Å². The van der Waals surface area contributed by atoms with Crippen molar-refractivity contribution < 1.29 is 4.74 Å². The highest BCUT2D eigenvalue weighted by molar-refractivity contribution is 6.32. The number of hydrogen-bond donors (Lipinski definition) is 1. The zero-order valence-electron chi connectivity index (χ0n) is 10.4. The van der Waals surface area contributed by atoms with Gasteiger partial charge in [0.1, 0.15) is 5.75 Å². The van der Waals surface area contributed by atoms with Crippen LogP contribution in [0.3, 0.4) is 0 Å². The van der Waals surface area contributed by atoms with Gasteiger partial charge in [0.2, 0.25) is 0 Å². The number of aryl methyl sites for hydroxylation is 1. The Hall–Kier alpha value is -1.58. The van der Waals surface area contributed by atoms with Crippen molar-refractivity contribution in [2.45, 2.75) is 13.0 Å². The van der Waals surface area contributed by atoms with Crippen molar-refractivity contribution in [1.29, 1.82) is 0 Å². The molecule has 4 heteroatoms. The molecule has 0 fully saturated rings. The van der Waals surface area contributed by atoms with Crippen molar-refractivity contribution >= 4 is 11.6 Å². The Balaban J connectivity index is 2.36. The quantitative estimate of drug-likeness (QED) is 0.925. The molecule has 1 atom stereocenters. The molecule has 18 heavy (non-hydrogen) atoms. The highest BCUT2D eigenvalue weighted by atomic mass is 35.5. The molecule has 3 nitrogen and oxygen atoms in total. The predicted molar refractivity (Wildman–Crippen MR) is 73.0 cm³/mol. The van der Waals surface area contributed by atoms with E-state index in [-0.39, 0.29) is 6.04 Å². The Labute approximate surface area is 112 Å². The van der Waals surface area contributed by atoms with E-state index in [2.05, 4.69) is 4.98 Å². The maximum atomic E-state index is 6.20. The van der Waals surface area contributed by atoms with E-state index in [4.69, 9.17) is 22.1 Å². The van der Waals surface area contributed by atoms with E-state index in [9.17, 15) is 0 Å². The number of benzene rings is 1. The van der Waals surface area contributed by atoms with Crippen LogP contribution in [0.1, 0.15) is 22.9 Å². The van der Waals surface area contributed by atoms with Crippen molar-refractivity contribution in [2.75, 3.05) is 7.11 Å². The van der Waals surface area contributed by atoms with Crippen LogP contribution in [-0.2, 0) is 0 Å². The van der Waals surface area contributed by atoms with Gasteiger partial charge in [-0.25, -0.2) is 0 Å². The number of hydrogen-bond acceptors (Lipinski definition) is 3. The minimum absolute atomic E-state index is 0.281. The van der Waals surface area contributed by atoms with E-state index in [0.29, 0.717) is 10.8 Å². The fourth-order valence-corrected chi connectivity index (χ4v) is 1.96. The van der Waals surface area contributed by atoms with Gasteiger partial charge in [-0.3, -0.25) is 4.98 Å². The number of rotatable bonds is 3. The number of nitrogens with zero attached hydrogens (tertiary/aromatic N) is 1. The van der Waals surface area contributed by atoms with Gasteiger partial charge in [0.25, 0.3) is 0 Å². The topological polar surface area (TPSA) is 48.1 Å². The second kappa shape index (κ2) is 5.38. The van der Waals surface area contributed by atoms with Gasteiger partial charge in [-0.2, -0.15) is 0 Å². The third-order valence-corrected chi connectivity index (χ3v) is 3.10. The lowest BCUT2D eigenvalue weighted by atomic mass is 10.0. The number of aromatic nitrogens is 1. The van der Waals surface area contributed by atoms with Crippen LogP contribution in [0.5, 0.6) is 5.75 Å². The fourth-order valence-electron chi connectivity index (χ4n) is 1.77. The van der Waals surface area contributed by atoms with E-state index in [1.807, 2.05) is 31.2 Å². The number of halogens is 1. The van der Waals surface area contributed by atoms with Gasteiger partial charge in [-0.1, -0.05) is 17.7 Å². The van der Waals surface area contributed by atoms with Crippen LogP contribution in [0.25, 0.3) is 0 Å². The number of pyridine rings is 1. The molecule has 1 aromatic heterocycles. The molecule has 0 bridgehead atoms. The van der Waals surface area contributed by atoms with E-state index < -0.39 is 0 Å². The highest BCUT2D eigenvalue weighted by Gasteiger charge is 2.12. The van der Waals surface area contributed by atoms with Crippen LogP contribution in [0, 0.1) is 6.92 Å². The first-order chi connectivity index (χ1) is 8.61. The van der Waals surface area contributed by atoms with Crippen LogP contribution >= 0.6 is 11.6 Å². The third kappa shape index (κ3) is 2.63. The summed E-state index contributed by atoms with van der Waals surface area (Å²) in [6, 6.07) is 9.16. The molecule has 1 heterocycles. The van der Waals surface area contributed by atoms with Gasteiger partial charge >= 0.3 is 0 Å². The second-order valence-corrected chi connectivity index (χ2v) is 4.54. The van der Waals surface area contributed by atoms with Gasteiger partial charge in [-0.05, 0) is 42.3 Å². The minimum Gasteiger partial charge on any atom is -0.495 e. The standard InChI is InChI=1S/C14H15ClN2O/c1-9-5-6-17-12(7-9)14(16)10-3-4-11(15)13(8-10)18-2/h3-8,14H,16H2,1-2H3. The Morgan fingerprint density at radius 1 is 1.28 bits per heavy atom. The summed E-state index contributed by atoms with van der Waals surface area (Å²) >= 11 is 5.99. The normalized spacial score (nSPS) is 12.2. The second-order valence-electron chi connectivity index (χ2n) is 4.13. The highest BCUT2D eigenvalue weighted by Crippen LogP contribution is 2.28. The Bertz CT molecular complexity index is 557. The fraction of sp³-hybridized carbons (Fsp3) is 0.214. The molecular formula is C14H15ClN2O. The molecule has 0 aliphatic heterocycles. The van der Waals surface area contributed by atoms with Gasteiger partial charge in [0.15, 0.2) is 0 Å². The van der Waals surface area contributed by atoms with Crippen LogP contribution in [-0.4, -0.2) is 12.1 Å². The zero-order valence-corrected chi connectivity index (χ0v) is 11.1. The molecule has 0 amide bonds. The van der Waals surface area contributed by atoms with Crippen molar-refractivity contribution in [3.63, 3.8) is 0 Å². The Morgan fingerprint density at radius 2 is 2.06 bits per heavy atom. The molecule has 0 aliphatic carbocycles. The summed E-state index contributed by atoms with van der Waals surface area (Å²) in [5.41, 5.74) is 9.09. The van der Waals surface area contributed by atoms with Crippen LogP contribution in [0.15, 0.2) is 36.5 Å². The summed E-state index contributed by atoms with van der Waals surface area (Å²) in [6.45, 7) is 2.01. The smallest absolute Gasteiger partial charge is 0.137 e. The SMILES string of the molecule is COc1cc(C(N)c2cc(C)ccn2)ccc1Cl. The molecule has 2 N–H and O–H groups in total. The van der Waals surface area contributed by atoms with E-state index in [1.165, 1.54) is 0 Å². The summed E-state index contributed by atoms with van der Waals surface area (Å²) in [5.74, 6) is 0.622. The predicted octanol–water partition coefficient (Wildman–Crippen LogP) is 3.10. The molecule has 0 saturated carbocycles. The molecule has 1 unspecified atom stereocenters. The summed E-state index contributed by atoms with van der Waals surface area (Å²) in [5, 5.41) is 0.575. The average molecular weight is 263 g/mol. The number of methoxy groups -OCH3 is 1. The molecule has 2 aromatic rings. The maximum absolute atomic E-state index is 6.20. The molecule has 0 saturated heterocycles. The van der Waals surface area contributed by atoms with Crippen LogP contribution in [0.2, 0.25) is 5.02 Å². The first kappa shape index (κ1) is 12.9. The molecule has 94 valence electrons. The monoisotopic (exact) mass is 262 g/mol. The van der Waals surface area contributed by atoms with E-state index in [1.54, 1.807) is 19.4 Å². The summed E-state index contributed by atoms with van der Waals surface area (Å²) in [4.78, 5) is 4.29. The minimum atomic E-state index is -0.281.